The summed E-state index contributed by atoms with van der Waals surface area (Å²) in [6.45, 7) is 4.08. The van der Waals surface area contributed by atoms with Gasteiger partial charge in [-0.1, -0.05) is 54.2 Å². The third-order valence-corrected chi connectivity index (χ3v) is 6.88. The topological polar surface area (TPSA) is 82.4 Å². The monoisotopic (exact) mass is 467 g/mol. The highest BCUT2D eigenvalue weighted by atomic mass is 32.2. The van der Waals surface area contributed by atoms with E-state index >= 15 is 0 Å². The summed E-state index contributed by atoms with van der Waals surface area (Å²) in [4.78, 5) is 17.7. The fourth-order valence-corrected chi connectivity index (χ4v) is 5.27. The van der Waals surface area contributed by atoms with E-state index in [4.69, 9.17) is 10.1 Å². The fourth-order valence-electron chi connectivity index (χ4n) is 4.41. The van der Waals surface area contributed by atoms with Crippen LogP contribution < -0.4 is 5.56 Å². The molecule has 0 aliphatic carbocycles. The third-order valence-electron chi connectivity index (χ3n) is 5.95. The number of hydrogen-bond acceptors (Lipinski definition) is 6. The second-order valence-electron chi connectivity index (χ2n) is 8.26. The Morgan fingerprint density at radius 1 is 0.971 bits per heavy atom. The molecule has 0 spiro atoms. The first-order chi connectivity index (χ1) is 16.5. The van der Waals surface area contributed by atoms with Crippen LogP contribution in [0.15, 0.2) is 70.6 Å². The lowest BCUT2D eigenvalue weighted by Gasteiger charge is -2.07. The van der Waals surface area contributed by atoms with Crippen LogP contribution in [0, 0.1) is 13.8 Å². The van der Waals surface area contributed by atoms with E-state index in [-0.39, 0.29) is 5.56 Å². The Morgan fingerprint density at radius 2 is 1.74 bits per heavy atom. The van der Waals surface area contributed by atoms with Crippen LogP contribution in [0.1, 0.15) is 17.1 Å². The zero-order chi connectivity index (χ0) is 23.4. The molecule has 0 atom stereocenters. The Morgan fingerprint density at radius 3 is 2.56 bits per heavy atom. The van der Waals surface area contributed by atoms with Crippen molar-refractivity contribution in [3.05, 3.63) is 88.1 Å². The van der Waals surface area contributed by atoms with Gasteiger partial charge in [0, 0.05) is 12.6 Å². The Labute approximate surface area is 198 Å². The first-order valence-electron chi connectivity index (χ1n) is 10.9. The van der Waals surface area contributed by atoms with Crippen LogP contribution in [0.2, 0.25) is 0 Å². The van der Waals surface area contributed by atoms with Crippen molar-refractivity contribution in [3.63, 3.8) is 0 Å². The molecule has 0 aliphatic heterocycles. The number of aromatic nitrogens is 7. The summed E-state index contributed by atoms with van der Waals surface area (Å²) in [5.41, 5.74) is 5.72. The van der Waals surface area contributed by atoms with Crippen molar-refractivity contribution in [2.75, 3.05) is 0 Å². The van der Waals surface area contributed by atoms with Gasteiger partial charge < -0.3 is 0 Å². The molecule has 34 heavy (non-hydrogen) atoms. The fraction of sp³-hybridized carbons (Fsp3) is 0.160. The average molecular weight is 468 g/mol. The van der Waals surface area contributed by atoms with Crippen molar-refractivity contribution in [2.24, 2.45) is 7.05 Å². The quantitative estimate of drug-likeness (QED) is 0.362. The molecule has 0 radical (unpaired) electrons. The molecule has 6 rings (SSSR count). The van der Waals surface area contributed by atoms with Crippen LogP contribution >= 0.6 is 11.8 Å². The molecule has 6 aromatic rings. The molecular formula is C25H21N7OS. The maximum Gasteiger partial charge on any atom is 0.262 e. The summed E-state index contributed by atoms with van der Waals surface area (Å²) in [6, 6.07) is 19.8. The van der Waals surface area contributed by atoms with E-state index in [1.165, 1.54) is 4.57 Å². The molecule has 0 unspecified atom stereocenters. The van der Waals surface area contributed by atoms with Crippen molar-refractivity contribution in [2.45, 2.75) is 24.8 Å². The first kappa shape index (κ1) is 20.6. The van der Waals surface area contributed by atoms with Gasteiger partial charge in [-0.25, -0.2) is 9.50 Å². The van der Waals surface area contributed by atoms with Gasteiger partial charge in [0.05, 0.1) is 33.6 Å². The zero-order valence-corrected chi connectivity index (χ0v) is 19.7. The average Bonchev–Trinajstić information content (AvgIpc) is 3.44. The summed E-state index contributed by atoms with van der Waals surface area (Å²) >= 11 is 1.55. The standard InChI is InChI=1S/C25H21N7OS/c1-15-13-16(2)29-32-22(15)21(17-9-5-4-6-10-17)26-25(32)34-14-20-27-28-24-30(3)23(33)18-11-7-8-12-19(18)31(20)24/h4-13H,14H2,1-3H3. The van der Waals surface area contributed by atoms with Gasteiger partial charge >= 0.3 is 0 Å². The van der Waals surface area contributed by atoms with Gasteiger partial charge in [0.2, 0.25) is 5.78 Å². The van der Waals surface area contributed by atoms with Crippen molar-refractivity contribution in [1.82, 2.24) is 33.8 Å². The predicted molar refractivity (Wildman–Crippen MR) is 133 cm³/mol. The Kier molecular flexibility index (Phi) is 4.73. The van der Waals surface area contributed by atoms with Crippen molar-refractivity contribution in [3.8, 4) is 11.3 Å². The van der Waals surface area contributed by atoms with Crippen molar-refractivity contribution in [1.29, 1.82) is 0 Å². The summed E-state index contributed by atoms with van der Waals surface area (Å²) in [5.74, 6) is 1.78. The minimum atomic E-state index is -0.0865. The molecule has 4 aromatic heterocycles. The number of thioether (sulfide) groups is 1. The lowest BCUT2D eigenvalue weighted by Crippen LogP contribution is -2.20. The molecule has 0 N–H and O–H groups in total. The molecule has 0 saturated carbocycles. The minimum Gasteiger partial charge on any atom is -0.279 e. The van der Waals surface area contributed by atoms with Crippen LogP contribution in [0.25, 0.3) is 33.5 Å². The molecule has 0 fully saturated rings. The predicted octanol–water partition coefficient (Wildman–Crippen LogP) is 4.20. The number of imidazole rings is 1. The molecule has 2 aromatic carbocycles. The smallest absolute Gasteiger partial charge is 0.262 e. The lowest BCUT2D eigenvalue weighted by atomic mass is 10.1. The maximum atomic E-state index is 12.7. The third kappa shape index (κ3) is 3.12. The highest BCUT2D eigenvalue weighted by molar-refractivity contribution is 7.98. The maximum absolute atomic E-state index is 12.7. The van der Waals surface area contributed by atoms with Gasteiger partial charge in [-0.2, -0.15) is 5.10 Å². The number of benzene rings is 2. The van der Waals surface area contributed by atoms with Gasteiger partial charge in [0.25, 0.3) is 5.56 Å². The molecule has 8 nitrogen and oxygen atoms in total. The second kappa shape index (κ2) is 7.81. The molecule has 4 heterocycles. The normalized spacial score (nSPS) is 11.7. The van der Waals surface area contributed by atoms with Crippen LogP contribution in [0.4, 0.5) is 0 Å². The van der Waals surface area contributed by atoms with Gasteiger partial charge in [-0.3, -0.25) is 13.8 Å². The number of aryl methyl sites for hydroxylation is 3. The lowest BCUT2D eigenvalue weighted by molar-refractivity contribution is 0.792. The van der Waals surface area contributed by atoms with E-state index in [0.29, 0.717) is 16.9 Å². The second-order valence-corrected chi connectivity index (χ2v) is 9.20. The Hall–Kier alpha value is -3.98. The number of rotatable bonds is 4. The van der Waals surface area contributed by atoms with Crippen LogP contribution in [0.3, 0.4) is 0 Å². The SMILES string of the molecule is Cc1cc(C)c2c(-c3ccccc3)nc(SCc3nnc4n(C)c(=O)c5ccccc5n34)n2n1. The summed E-state index contributed by atoms with van der Waals surface area (Å²) in [6.07, 6.45) is 0. The molecule has 9 heteroatoms. The number of para-hydroxylation sites is 1. The van der Waals surface area contributed by atoms with E-state index < -0.39 is 0 Å². The van der Waals surface area contributed by atoms with Gasteiger partial charge in [0.1, 0.15) is 5.82 Å². The van der Waals surface area contributed by atoms with Gasteiger partial charge in [-0.15, -0.1) is 10.2 Å². The number of nitrogens with zero attached hydrogens (tertiary/aromatic N) is 7. The van der Waals surface area contributed by atoms with Gasteiger partial charge in [-0.05, 0) is 37.6 Å². The summed E-state index contributed by atoms with van der Waals surface area (Å²) in [7, 11) is 1.72. The van der Waals surface area contributed by atoms with Crippen molar-refractivity contribution < 1.29 is 0 Å². The highest BCUT2D eigenvalue weighted by Gasteiger charge is 2.19. The van der Waals surface area contributed by atoms with E-state index in [9.17, 15) is 4.79 Å². The largest absolute Gasteiger partial charge is 0.279 e. The molecule has 0 saturated heterocycles. The van der Waals surface area contributed by atoms with E-state index in [1.807, 2.05) is 58.3 Å². The van der Waals surface area contributed by atoms with E-state index in [0.717, 1.165) is 44.5 Å². The van der Waals surface area contributed by atoms with Crippen LogP contribution in [-0.4, -0.2) is 33.8 Å². The Balaban J connectivity index is 1.48. The summed E-state index contributed by atoms with van der Waals surface area (Å²) in [5, 5.41) is 14.9. The molecular weight excluding hydrogens is 446 g/mol. The Bertz CT molecular complexity index is 1770. The molecule has 0 bridgehead atoms. The molecule has 168 valence electrons. The number of hydrogen-bond donors (Lipinski definition) is 0. The zero-order valence-electron chi connectivity index (χ0n) is 18.9. The summed E-state index contributed by atoms with van der Waals surface area (Å²) < 4.78 is 5.41. The molecule has 0 amide bonds. The van der Waals surface area contributed by atoms with E-state index in [2.05, 4.69) is 35.3 Å². The molecule has 0 aliphatic rings. The van der Waals surface area contributed by atoms with Crippen LogP contribution in [0.5, 0.6) is 0 Å². The minimum absolute atomic E-state index is 0.0865. The van der Waals surface area contributed by atoms with Crippen LogP contribution in [-0.2, 0) is 12.8 Å². The first-order valence-corrected chi connectivity index (χ1v) is 11.9. The van der Waals surface area contributed by atoms with Gasteiger partial charge in [0.15, 0.2) is 5.16 Å². The van der Waals surface area contributed by atoms with Crippen molar-refractivity contribution >= 4 is 34.0 Å². The van der Waals surface area contributed by atoms with E-state index in [1.54, 1.807) is 18.8 Å². The number of fused-ring (bicyclic) bond motifs is 4. The highest BCUT2D eigenvalue weighted by Crippen LogP contribution is 2.32.